The van der Waals surface area contributed by atoms with Gasteiger partial charge in [0.25, 0.3) is 0 Å². The zero-order valence-corrected chi connectivity index (χ0v) is 13.8. The van der Waals surface area contributed by atoms with Crippen molar-refractivity contribution in [1.82, 2.24) is 20.2 Å². The molecule has 3 rings (SSSR count). The van der Waals surface area contributed by atoms with Crippen molar-refractivity contribution in [3.05, 3.63) is 42.4 Å². The van der Waals surface area contributed by atoms with Gasteiger partial charge in [-0.25, -0.2) is 9.97 Å². The summed E-state index contributed by atoms with van der Waals surface area (Å²) in [6.45, 7) is 3.56. The predicted octanol–water partition coefficient (Wildman–Crippen LogP) is 1.58. The average molecular weight is 466 g/mol. The quantitative estimate of drug-likeness (QED) is 0.502. The Morgan fingerprint density at radius 1 is 1.45 bits per heavy atom. The van der Waals surface area contributed by atoms with E-state index < -0.39 is 0 Å². The number of fused-ring (bicyclic) bond motifs is 1. The molecule has 0 unspecified atom stereocenters. The number of rotatable bonds is 2. The standard InChI is InChI=1S/C9H6N5S.C3H7O.Os/c1-3-10-9(8-6(1)11-5-15-8)13-7-2-4-12-14-7;1-2-3-4;/h1-3,5H,(H2,10,12,13,14);4H,1-3H2;/q2*-1;+2. The molecular weight excluding hydrogens is 452 g/mol. The van der Waals surface area contributed by atoms with E-state index in [2.05, 4.69) is 38.3 Å². The maximum absolute atomic E-state index is 7.81. The fourth-order valence-corrected chi connectivity index (χ4v) is 1.99. The van der Waals surface area contributed by atoms with E-state index in [0.717, 1.165) is 10.2 Å². The molecule has 0 saturated heterocycles. The second-order valence-corrected chi connectivity index (χ2v) is 4.30. The summed E-state index contributed by atoms with van der Waals surface area (Å²) in [5, 5.41) is 13.4. The molecule has 3 heterocycles. The number of hydrogen-bond donors (Lipinski definition) is 3. The first-order chi connectivity index (χ1) is 9.35. The molecule has 106 valence electrons. The molecular formula is C12H13N5OOsS. The Hall–Kier alpha value is -1.35. The molecule has 3 aromatic rings. The second kappa shape index (κ2) is 8.75. The number of thiazole rings is 1. The third-order valence-corrected chi connectivity index (χ3v) is 2.92. The molecule has 3 aromatic heterocycles. The van der Waals surface area contributed by atoms with Crippen LogP contribution in [-0.4, -0.2) is 31.9 Å². The number of aromatic nitrogens is 4. The molecule has 0 atom stereocenters. The number of H-pyrrole nitrogens is 2. The van der Waals surface area contributed by atoms with Gasteiger partial charge in [0.05, 0.1) is 15.7 Å². The van der Waals surface area contributed by atoms with E-state index in [4.69, 9.17) is 5.11 Å². The Morgan fingerprint density at radius 3 is 2.90 bits per heavy atom. The van der Waals surface area contributed by atoms with Gasteiger partial charge in [0.2, 0.25) is 0 Å². The summed E-state index contributed by atoms with van der Waals surface area (Å²) in [4.78, 5) is 12.8. The third kappa shape index (κ3) is 4.34. The van der Waals surface area contributed by atoms with Gasteiger partial charge in [-0.15, -0.1) is 11.3 Å². The number of nitrogens with one attached hydrogen (secondary N) is 2. The van der Waals surface area contributed by atoms with Gasteiger partial charge < -0.3 is 27.2 Å². The maximum atomic E-state index is 7.81. The Bertz CT molecular complexity index is 671. The number of nitrogens with zero attached hydrogens (tertiary/aromatic N) is 3. The van der Waals surface area contributed by atoms with E-state index in [1.54, 1.807) is 17.8 Å². The van der Waals surface area contributed by atoms with Crippen molar-refractivity contribution in [2.45, 2.75) is 6.42 Å². The van der Waals surface area contributed by atoms with Gasteiger partial charge >= 0.3 is 19.8 Å². The minimum Gasteiger partial charge on any atom is -0.409 e. The van der Waals surface area contributed by atoms with Crippen LogP contribution in [0.15, 0.2) is 28.8 Å². The average Bonchev–Trinajstić information content (AvgIpc) is 3.10. The normalized spacial score (nSPS) is 10.8. The van der Waals surface area contributed by atoms with Crippen molar-refractivity contribution in [3.63, 3.8) is 0 Å². The summed E-state index contributed by atoms with van der Waals surface area (Å²) in [5.74, 6) is 0.680. The first-order valence-electron chi connectivity index (χ1n) is 5.62. The fourth-order valence-electron chi connectivity index (χ4n) is 1.27. The molecule has 0 radical (unpaired) electrons. The van der Waals surface area contributed by atoms with Crippen LogP contribution in [0.25, 0.3) is 10.2 Å². The van der Waals surface area contributed by atoms with Crippen LogP contribution in [0.1, 0.15) is 6.42 Å². The summed E-state index contributed by atoms with van der Waals surface area (Å²) in [6.07, 6.45) is 5.11. The van der Waals surface area contributed by atoms with Crippen molar-refractivity contribution in [2.75, 3.05) is 6.61 Å². The molecule has 0 saturated carbocycles. The van der Waals surface area contributed by atoms with Gasteiger partial charge in [0.15, 0.2) is 5.82 Å². The largest absolute Gasteiger partial charge is 2.00 e. The molecule has 0 aliphatic rings. The molecule has 0 fully saturated rings. The van der Waals surface area contributed by atoms with Gasteiger partial charge in [-0.2, -0.15) is 18.7 Å². The molecule has 0 spiro atoms. The van der Waals surface area contributed by atoms with Gasteiger partial charge in [-0.05, 0) is 11.6 Å². The first kappa shape index (κ1) is 16.7. The first-order valence-corrected chi connectivity index (χ1v) is 6.50. The van der Waals surface area contributed by atoms with E-state index in [0.29, 0.717) is 17.7 Å². The van der Waals surface area contributed by atoms with Gasteiger partial charge in [0.1, 0.15) is 0 Å². The van der Waals surface area contributed by atoms with Gasteiger partial charge in [-0.1, -0.05) is 0 Å². The summed E-state index contributed by atoms with van der Waals surface area (Å²) in [5.41, 5.74) is 3.41. The molecule has 0 aliphatic carbocycles. The van der Waals surface area contributed by atoms with E-state index in [1.165, 1.54) is 11.3 Å². The Kier molecular flexibility index (Phi) is 7.30. The summed E-state index contributed by atoms with van der Waals surface area (Å²) < 4.78 is 0.993. The van der Waals surface area contributed by atoms with Crippen molar-refractivity contribution in [1.29, 1.82) is 0 Å². The Morgan fingerprint density at radius 2 is 2.25 bits per heavy atom. The fraction of sp³-hybridized carbons (Fsp3) is 0.167. The van der Waals surface area contributed by atoms with Crippen LogP contribution in [0, 0.1) is 13.1 Å². The maximum Gasteiger partial charge on any atom is 2.00 e. The molecule has 20 heavy (non-hydrogen) atoms. The van der Waals surface area contributed by atoms with Crippen LogP contribution < -0.4 is 5.49 Å². The van der Waals surface area contributed by atoms with Crippen molar-refractivity contribution in [3.8, 4) is 0 Å². The predicted molar refractivity (Wildman–Crippen MR) is 73.7 cm³/mol. The zero-order valence-electron chi connectivity index (χ0n) is 10.5. The van der Waals surface area contributed by atoms with E-state index in [9.17, 15) is 0 Å². The monoisotopic (exact) mass is 467 g/mol. The SMILES string of the molecule is [CH2-]CCO.[Os+2].[c-]1cc(=Nc2nccc3ncsc23)[nH][nH]1. The molecule has 0 amide bonds. The number of aliphatic hydroxyl groups excluding tert-OH is 1. The van der Waals surface area contributed by atoms with Crippen LogP contribution >= 0.6 is 11.3 Å². The van der Waals surface area contributed by atoms with Crippen molar-refractivity contribution in [2.24, 2.45) is 4.99 Å². The zero-order chi connectivity index (χ0) is 13.5. The smallest absolute Gasteiger partial charge is 0.409 e. The van der Waals surface area contributed by atoms with Crippen molar-refractivity contribution >= 4 is 27.4 Å². The number of aromatic amines is 2. The van der Waals surface area contributed by atoms with E-state index >= 15 is 0 Å². The van der Waals surface area contributed by atoms with Crippen molar-refractivity contribution < 1.29 is 24.9 Å². The third-order valence-electron chi connectivity index (χ3n) is 2.08. The summed E-state index contributed by atoms with van der Waals surface area (Å²) >= 11 is 1.53. The van der Waals surface area contributed by atoms with Crippen LogP contribution in [0.3, 0.4) is 0 Å². The van der Waals surface area contributed by atoms with Gasteiger partial charge in [0, 0.05) is 12.8 Å². The van der Waals surface area contributed by atoms with Gasteiger partial charge in [-0.3, -0.25) is 0 Å². The molecule has 0 aromatic carbocycles. The number of pyridine rings is 1. The number of hydrogen-bond acceptors (Lipinski definition) is 5. The molecule has 6 nitrogen and oxygen atoms in total. The minimum atomic E-state index is 0. The van der Waals surface area contributed by atoms with Crippen LogP contribution in [0.2, 0.25) is 0 Å². The van der Waals surface area contributed by atoms with Crippen LogP contribution in [0.5, 0.6) is 0 Å². The molecule has 8 heteroatoms. The second-order valence-electron chi connectivity index (χ2n) is 3.45. The Balaban J connectivity index is 0.000000359. The van der Waals surface area contributed by atoms with Crippen LogP contribution in [-0.2, 0) is 19.8 Å². The summed E-state index contributed by atoms with van der Waals surface area (Å²) in [7, 11) is 0. The van der Waals surface area contributed by atoms with Crippen LogP contribution in [0.4, 0.5) is 5.82 Å². The number of aliphatic hydroxyl groups is 1. The molecule has 0 bridgehead atoms. The molecule has 0 aliphatic heterocycles. The van der Waals surface area contributed by atoms with E-state index in [-0.39, 0.29) is 26.4 Å². The van der Waals surface area contributed by atoms with E-state index in [1.807, 2.05) is 6.07 Å². The minimum absolute atomic E-state index is 0. The Labute approximate surface area is 133 Å². The molecule has 3 N–H and O–H groups in total. The topological polar surface area (TPSA) is 89.9 Å². The summed E-state index contributed by atoms with van der Waals surface area (Å²) in [6, 6.07) is 3.60.